The third kappa shape index (κ3) is 5.58. The van der Waals surface area contributed by atoms with Crippen LogP contribution in [0.5, 0.6) is 0 Å². The average molecular weight is 491 g/mol. The van der Waals surface area contributed by atoms with Gasteiger partial charge < -0.3 is 19.1 Å². The quantitative estimate of drug-likeness (QED) is 0.352. The zero-order chi connectivity index (χ0) is 26.1. The first kappa shape index (κ1) is 27.3. The highest BCUT2D eigenvalue weighted by molar-refractivity contribution is 5.97. The smallest absolute Gasteiger partial charge is 0.344 e. The molecule has 2 aromatic rings. The molecule has 36 heavy (non-hydrogen) atoms. The van der Waals surface area contributed by atoms with Gasteiger partial charge in [0.2, 0.25) is 0 Å². The normalized spacial score (nSPS) is 15.3. The first-order valence-corrected chi connectivity index (χ1v) is 13.5. The minimum atomic E-state index is -0.320. The Kier molecular flexibility index (Phi) is 9.97. The van der Waals surface area contributed by atoms with E-state index in [0.717, 1.165) is 56.2 Å². The average Bonchev–Trinajstić information content (AvgIpc) is 2.91. The van der Waals surface area contributed by atoms with Gasteiger partial charge in [-0.3, -0.25) is 0 Å². The third-order valence-corrected chi connectivity index (χ3v) is 6.73. The van der Waals surface area contributed by atoms with E-state index in [1.165, 1.54) is 5.56 Å². The Labute approximate surface area is 216 Å². The zero-order valence-corrected chi connectivity index (χ0v) is 22.8. The maximum absolute atomic E-state index is 13.8. The molecule has 6 heteroatoms. The summed E-state index contributed by atoms with van der Waals surface area (Å²) < 4.78 is 7.99. The first-order valence-electron chi connectivity index (χ1n) is 13.5. The van der Waals surface area contributed by atoms with Crippen LogP contribution in [0.2, 0.25) is 0 Å². The Morgan fingerprint density at radius 1 is 0.972 bits per heavy atom. The zero-order valence-electron chi connectivity index (χ0n) is 22.8. The Morgan fingerprint density at radius 3 is 2.17 bits per heavy atom. The molecule has 3 rings (SSSR count). The van der Waals surface area contributed by atoms with Crippen molar-refractivity contribution in [3.8, 4) is 0 Å². The van der Waals surface area contributed by atoms with Crippen molar-refractivity contribution in [1.29, 1.82) is 0 Å². The van der Waals surface area contributed by atoms with Crippen molar-refractivity contribution >= 4 is 23.2 Å². The van der Waals surface area contributed by atoms with Crippen molar-refractivity contribution in [2.45, 2.75) is 60.4 Å². The molecule has 1 aromatic carbocycles. The molecule has 0 N–H and O–H groups in total. The van der Waals surface area contributed by atoms with Crippen molar-refractivity contribution < 1.29 is 9.53 Å². The fourth-order valence-electron chi connectivity index (χ4n) is 5.01. The van der Waals surface area contributed by atoms with E-state index in [1.54, 1.807) is 0 Å². The molecule has 0 saturated carbocycles. The summed E-state index contributed by atoms with van der Waals surface area (Å²) >= 11 is 0. The maximum Gasteiger partial charge on any atom is 0.344 e. The van der Waals surface area contributed by atoms with E-state index in [-0.39, 0.29) is 12.0 Å². The first-order chi connectivity index (χ1) is 17.6. The van der Waals surface area contributed by atoms with Crippen molar-refractivity contribution in [3.63, 3.8) is 0 Å². The van der Waals surface area contributed by atoms with Crippen LogP contribution in [-0.4, -0.2) is 43.3 Å². The number of para-hydroxylation sites is 1. The Hall–Kier alpha value is -3.28. The molecule has 0 radical (unpaired) electrons. The molecule has 0 spiro atoms. The number of ether oxygens (including phenoxy) is 1. The number of esters is 1. The predicted molar refractivity (Wildman–Crippen MR) is 150 cm³/mol. The van der Waals surface area contributed by atoms with E-state index in [0.29, 0.717) is 17.7 Å². The molecule has 1 aliphatic rings. The molecule has 1 aliphatic carbocycles. The van der Waals surface area contributed by atoms with E-state index in [4.69, 9.17) is 9.73 Å². The van der Waals surface area contributed by atoms with Gasteiger partial charge >= 0.3 is 5.97 Å². The van der Waals surface area contributed by atoms with Crippen molar-refractivity contribution in [1.82, 2.24) is 4.57 Å². The summed E-state index contributed by atoms with van der Waals surface area (Å²) in [6.45, 7) is 16.3. The summed E-state index contributed by atoms with van der Waals surface area (Å²) in [5, 5.41) is 0. The van der Waals surface area contributed by atoms with Crippen LogP contribution in [0.1, 0.15) is 69.9 Å². The van der Waals surface area contributed by atoms with Crippen LogP contribution in [0, 0.1) is 0 Å². The van der Waals surface area contributed by atoms with Gasteiger partial charge in [-0.15, -0.1) is 0 Å². The van der Waals surface area contributed by atoms with Gasteiger partial charge in [-0.25, -0.2) is 9.79 Å². The Bertz CT molecular complexity index is 1140. The minimum Gasteiger partial charge on any atom is -0.462 e. The van der Waals surface area contributed by atoms with Crippen molar-refractivity contribution in [3.05, 3.63) is 71.3 Å². The number of aromatic nitrogens is 1. The topological polar surface area (TPSA) is 50.1 Å². The van der Waals surface area contributed by atoms with Crippen molar-refractivity contribution in [2.24, 2.45) is 4.99 Å². The number of hydrogen-bond acceptors (Lipinski definition) is 5. The summed E-state index contributed by atoms with van der Waals surface area (Å²) in [6, 6.07) is 9.95. The number of rotatable bonds is 11. The molecule has 1 heterocycles. The highest BCUT2D eigenvalue weighted by atomic mass is 16.5. The fourth-order valence-corrected chi connectivity index (χ4v) is 5.01. The number of pyridine rings is 1. The monoisotopic (exact) mass is 490 g/mol. The lowest BCUT2D eigenvalue weighted by molar-refractivity contribution is 0.0523. The Balaban J connectivity index is 2.63. The molecule has 1 atom stereocenters. The fraction of sp³-hybridized carbons (Fsp3) is 0.467. The Morgan fingerprint density at radius 2 is 1.64 bits per heavy atom. The molecule has 1 aromatic heterocycles. The van der Waals surface area contributed by atoms with Gasteiger partial charge in [0.15, 0.2) is 5.49 Å². The van der Waals surface area contributed by atoms with Crippen LogP contribution < -0.4 is 15.3 Å². The lowest BCUT2D eigenvalue weighted by Crippen LogP contribution is -2.41. The van der Waals surface area contributed by atoms with E-state index in [2.05, 4.69) is 73.3 Å². The van der Waals surface area contributed by atoms with Gasteiger partial charge in [0.1, 0.15) is 11.4 Å². The van der Waals surface area contributed by atoms with Gasteiger partial charge in [-0.2, -0.15) is 0 Å². The number of allylic oxidation sites excluding steroid dienone is 4. The van der Waals surface area contributed by atoms with Crippen LogP contribution in [0.25, 0.3) is 0 Å². The van der Waals surface area contributed by atoms with Gasteiger partial charge in [0, 0.05) is 31.7 Å². The molecule has 0 bridgehead atoms. The largest absolute Gasteiger partial charge is 0.462 e. The number of anilines is 2. The summed E-state index contributed by atoms with van der Waals surface area (Å²) in [5.74, 6) is 0.816. The van der Waals surface area contributed by atoms with Gasteiger partial charge in [0.05, 0.1) is 24.0 Å². The number of carbonyl (C=O) groups excluding carboxylic acids is 1. The van der Waals surface area contributed by atoms with Crippen LogP contribution in [0.3, 0.4) is 0 Å². The van der Waals surface area contributed by atoms with Gasteiger partial charge in [0.25, 0.3) is 0 Å². The molecule has 0 saturated heterocycles. The van der Waals surface area contributed by atoms with Crippen LogP contribution in [-0.2, 0) is 11.2 Å². The van der Waals surface area contributed by atoms with E-state index >= 15 is 0 Å². The molecule has 6 nitrogen and oxygen atoms in total. The maximum atomic E-state index is 13.8. The van der Waals surface area contributed by atoms with Crippen LogP contribution in [0.4, 0.5) is 17.2 Å². The second-order valence-corrected chi connectivity index (χ2v) is 8.70. The molecule has 1 unspecified atom stereocenters. The number of carbonyl (C=O) groups is 1. The summed E-state index contributed by atoms with van der Waals surface area (Å²) in [5.41, 5.74) is 4.14. The lowest BCUT2D eigenvalue weighted by atomic mass is 10.0. The van der Waals surface area contributed by atoms with Gasteiger partial charge in [-0.05, 0) is 59.6 Å². The summed E-state index contributed by atoms with van der Waals surface area (Å²) in [6.07, 6.45) is 10.2. The number of nitrogens with zero attached hydrogens (tertiary/aromatic N) is 4. The number of hydrogen-bond donors (Lipinski definition) is 0. The molecular formula is C30H42N4O2. The molecule has 194 valence electrons. The summed E-state index contributed by atoms with van der Waals surface area (Å²) in [4.78, 5) is 23.6. The second kappa shape index (κ2) is 13.1. The van der Waals surface area contributed by atoms with E-state index in [1.807, 2.05) is 37.3 Å². The lowest BCUT2D eigenvalue weighted by Gasteiger charge is -2.36. The van der Waals surface area contributed by atoms with Gasteiger partial charge in [-0.1, -0.05) is 49.4 Å². The van der Waals surface area contributed by atoms with Crippen molar-refractivity contribution in [2.75, 3.05) is 42.6 Å². The SMILES string of the molecule is CCOC(=O)c1c(N(CC)CC)c(CC)c(N(CC)CC)n(C2C=CC=CC2)c1=Nc1ccccc1. The highest BCUT2D eigenvalue weighted by Crippen LogP contribution is 2.36. The second-order valence-electron chi connectivity index (χ2n) is 8.70. The third-order valence-electron chi connectivity index (χ3n) is 6.73. The minimum absolute atomic E-state index is 0.0392. The molecular weight excluding hydrogens is 448 g/mol. The van der Waals surface area contributed by atoms with Crippen LogP contribution >= 0.6 is 0 Å². The van der Waals surface area contributed by atoms with E-state index < -0.39 is 0 Å². The number of benzene rings is 1. The standard InChI is InChI=1S/C30H42N4O2/c1-7-25-27(32(8-2)9-3)26(30(35)36-12-6)28(31-23-19-15-13-16-20-23)34(24-21-17-14-18-22-24)29(25)33(10-4)11-5/h13-21,24H,7-12,22H2,1-6H3. The molecule has 0 amide bonds. The predicted octanol–water partition coefficient (Wildman–Crippen LogP) is 6.21. The molecule has 0 aliphatic heterocycles. The highest BCUT2D eigenvalue weighted by Gasteiger charge is 2.31. The molecule has 0 fully saturated rings. The van der Waals surface area contributed by atoms with Crippen LogP contribution in [0.15, 0.2) is 59.6 Å². The van der Waals surface area contributed by atoms with E-state index in [9.17, 15) is 4.79 Å². The summed E-state index contributed by atoms with van der Waals surface area (Å²) in [7, 11) is 0.